The van der Waals surface area contributed by atoms with Crippen molar-refractivity contribution in [3.05, 3.63) is 95.1 Å². The van der Waals surface area contributed by atoms with Crippen molar-refractivity contribution in [2.75, 3.05) is 24.7 Å². The van der Waals surface area contributed by atoms with Gasteiger partial charge in [-0.05, 0) is 68.5 Å². The number of anilines is 2. The summed E-state index contributed by atoms with van der Waals surface area (Å²) in [5.74, 6) is -0.426. The van der Waals surface area contributed by atoms with Gasteiger partial charge in [0.2, 0.25) is 0 Å². The molecule has 0 saturated heterocycles. The van der Waals surface area contributed by atoms with E-state index in [0.717, 1.165) is 23.4 Å². The van der Waals surface area contributed by atoms with Crippen LogP contribution < -0.4 is 10.6 Å². The molecule has 3 aromatic carbocycles. The van der Waals surface area contributed by atoms with Crippen molar-refractivity contribution in [1.82, 2.24) is 4.90 Å². The third kappa shape index (κ3) is 5.53. The van der Waals surface area contributed by atoms with Crippen molar-refractivity contribution in [3.63, 3.8) is 0 Å². The van der Waals surface area contributed by atoms with Crippen LogP contribution in [0.2, 0.25) is 0 Å². The molecule has 0 unspecified atom stereocenters. The van der Waals surface area contributed by atoms with Crippen LogP contribution in [0.25, 0.3) is 0 Å². The van der Waals surface area contributed by atoms with Crippen LogP contribution in [0.1, 0.15) is 31.8 Å². The Bertz CT molecular complexity index is 1010. The minimum atomic E-state index is -0.220. The predicted octanol–water partition coefficient (Wildman–Crippen LogP) is 4.56. The summed E-state index contributed by atoms with van der Waals surface area (Å²) >= 11 is 0. The van der Waals surface area contributed by atoms with Gasteiger partial charge in [-0.2, -0.15) is 0 Å². The fourth-order valence-corrected chi connectivity index (χ4v) is 3.00. The smallest absolute Gasteiger partial charge is 0.255 e. The number of nitrogens with one attached hydrogen (secondary N) is 2. The minimum Gasteiger partial charge on any atom is -0.322 e. The maximum atomic E-state index is 12.7. The normalized spacial score (nSPS) is 10.6. The van der Waals surface area contributed by atoms with Crippen molar-refractivity contribution in [2.45, 2.75) is 13.5 Å². The molecule has 0 aliphatic heterocycles. The molecule has 2 N–H and O–H groups in total. The van der Waals surface area contributed by atoms with E-state index in [1.54, 1.807) is 24.3 Å². The lowest BCUT2D eigenvalue weighted by atomic mass is 10.1. The summed E-state index contributed by atoms with van der Waals surface area (Å²) in [5.41, 5.74) is 4.42. The molecule has 0 saturated carbocycles. The zero-order valence-electron chi connectivity index (χ0n) is 16.9. The van der Waals surface area contributed by atoms with Gasteiger partial charge in [0.05, 0.1) is 0 Å². The molecule has 0 spiro atoms. The van der Waals surface area contributed by atoms with Crippen molar-refractivity contribution >= 4 is 23.2 Å². The van der Waals surface area contributed by atoms with Crippen molar-refractivity contribution in [2.24, 2.45) is 0 Å². The van der Waals surface area contributed by atoms with Gasteiger partial charge >= 0.3 is 0 Å². The van der Waals surface area contributed by atoms with Crippen LogP contribution in [0.15, 0.2) is 72.8 Å². The topological polar surface area (TPSA) is 61.4 Å². The Balaban J connectivity index is 1.75. The summed E-state index contributed by atoms with van der Waals surface area (Å²) in [6.07, 6.45) is 0. The van der Waals surface area contributed by atoms with Crippen LogP contribution in [-0.2, 0) is 6.54 Å². The van der Waals surface area contributed by atoms with Crippen LogP contribution in [-0.4, -0.2) is 30.8 Å². The maximum absolute atomic E-state index is 12.7. The molecule has 2 amide bonds. The lowest BCUT2D eigenvalue weighted by Crippen LogP contribution is -2.16. The molecule has 29 heavy (non-hydrogen) atoms. The summed E-state index contributed by atoms with van der Waals surface area (Å²) in [5, 5.41) is 5.83. The molecule has 3 aromatic rings. The van der Waals surface area contributed by atoms with Crippen LogP contribution in [0.3, 0.4) is 0 Å². The molecule has 0 atom stereocenters. The molecule has 0 fully saturated rings. The second-order valence-corrected chi connectivity index (χ2v) is 7.24. The largest absolute Gasteiger partial charge is 0.322 e. The number of benzene rings is 3. The standard InChI is InChI=1S/C24H25N3O2/c1-17-12-13-20(15-22(17)26-23(28)19-9-5-4-6-10-19)24(29)25-21-11-7-8-18(14-21)16-27(2)3/h4-15H,16H2,1-3H3,(H,25,29)(H,26,28). The van der Waals surface area contributed by atoms with Gasteiger partial charge in [-0.3, -0.25) is 9.59 Å². The van der Waals surface area contributed by atoms with Crippen LogP contribution in [0.4, 0.5) is 11.4 Å². The van der Waals surface area contributed by atoms with E-state index >= 15 is 0 Å². The van der Waals surface area contributed by atoms with Gasteiger partial charge in [0.1, 0.15) is 0 Å². The molecule has 0 radical (unpaired) electrons. The van der Waals surface area contributed by atoms with Gasteiger partial charge in [0, 0.05) is 29.0 Å². The first kappa shape index (κ1) is 20.3. The molecule has 3 rings (SSSR count). The summed E-state index contributed by atoms with van der Waals surface area (Å²) in [7, 11) is 4.01. The maximum Gasteiger partial charge on any atom is 0.255 e. The molecular weight excluding hydrogens is 362 g/mol. The Hall–Kier alpha value is -3.44. The van der Waals surface area contributed by atoms with Gasteiger partial charge in [0.15, 0.2) is 0 Å². The third-order valence-corrected chi connectivity index (χ3v) is 4.47. The van der Waals surface area contributed by atoms with Gasteiger partial charge < -0.3 is 15.5 Å². The SMILES string of the molecule is Cc1ccc(C(=O)Nc2cccc(CN(C)C)c2)cc1NC(=O)c1ccccc1. The number of rotatable bonds is 6. The average Bonchev–Trinajstić information content (AvgIpc) is 2.70. The number of carbonyl (C=O) groups is 2. The van der Waals surface area contributed by atoms with Gasteiger partial charge in [-0.15, -0.1) is 0 Å². The van der Waals surface area contributed by atoms with Crippen molar-refractivity contribution in [1.29, 1.82) is 0 Å². The number of amides is 2. The molecule has 5 nitrogen and oxygen atoms in total. The molecule has 0 aliphatic carbocycles. The highest BCUT2D eigenvalue weighted by Gasteiger charge is 2.12. The molecule has 0 aromatic heterocycles. The highest BCUT2D eigenvalue weighted by molar-refractivity contribution is 6.07. The molecule has 0 heterocycles. The van der Waals surface area contributed by atoms with Gasteiger partial charge in [-0.1, -0.05) is 36.4 Å². The summed E-state index contributed by atoms with van der Waals surface area (Å²) in [6, 6.07) is 22.1. The highest BCUT2D eigenvalue weighted by atomic mass is 16.2. The zero-order chi connectivity index (χ0) is 20.8. The Kier molecular flexibility index (Phi) is 6.42. The van der Waals surface area contributed by atoms with E-state index in [-0.39, 0.29) is 11.8 Å². The Morgan fingerprint density at radius 2 is 1.52 bits per heavy atom. The average molecular weight is 387 g/mol. The van der Waals surface area contributed by atoms with E-state index < -0.39 is 0 Å². The Morgan fingerprint density at radius 3 is 2.24 bits per heavy atom. The second kappa shape index (κ2) is 9.17. The quantitative estimate of drug-likeness (QED) is 0.652. The van der Waals surface area contributed by atoms with E-state index in [1.165, 1.54) is 0 Å². The van der Waals surface area contributed by atoms with E-state index in [4.69, 9.17) is 0 Å². The highest BCUT2D eigenvalue weighted by Crippen LogP contribution is 2.20. The summed E-state index contributed by atoms with van der Waals surface area (Å²) in [4.78, 5) is 27.3. The first-order valence-electron chi connectivity index (χ1n) is 9.44. The summed E-state index contributed by atoms with van der Waals surface area (Å²) < 4.78 is 0. The number of hydrogen-bond acceptors (Lipinski definition) is 3. The first-order valence-corrected chi connectivity index (χ1v) is 9.44. The number of aryl methyl sites for hydroxylation is 1. The fraction of sp³-hybridized carbons (Fsp3) is 0.167. The monoisotopic (exact) mass is 387 g/mol. The lowest BCUT2D eigenvalue weighted by Gasteiger charge is -2.13. The van der Waals surface area contributed by atoms with E-state index in [1.807, 2.05) is 69.6 Å². The number of hydrogen-bond donors (Lipinski definition) is 2. The minimum absolute atomic E-state index is 0.206. The predicted molar refractivity (Wildman–Crippen MR) is 117 cm³/mol. The van der Waals surface area contributed by atoms with E-state index in [0.29, 0.717) is 16.8 Å². The second-order valence-electron chi connectivity index (χ2n) is 7.24. The van der Waals surface area contributed by atoms with Crippen LogP contribution in [0.5, 0.6) is 0 Å². The third-order valence-electron chi connectivity index (χ3n) is 4.47. The first-order chi connectivity index (χ1) is 13.9. The van der Waals surface area contributed by atoms with Gasteiger partial charge in [-0.25, -0.2) is 0 Å². The molecule has 5 heteroatoms. The molecular formula is C24H25N3O2. The van der Waals surface area contributed by atoms with E-state index in [9.17, 15) is 9.59 Å². The van der Waals surface area contributed by atoms with Crippen LogP contribution in [0, 0.1) is 6.92 Å². The number of nitrogens with zero attached hydrogens (tertiary/aromatic N) is 1. The van der Waals surface area contributed by atoms with Crippen molar-refractivity contribution in [3.8, 4) is 0 Å². The molecule has 0 bridgehead atoms. The van der Waals surface area contributed by atoms with Crippen molar-refractivity contribution < 1.29 is 9.59 Å². The Morgan fingerprint density at radius 1 is 0.793 bits per heavy atom. The zero-order valence-corrected chi connectivity index (χ0v) is 16.9. The van der Waals surface area contributed by atoms with Gasteiger partial charge in [0.25, 0.3) is 11.8 Å². The lowest BCUT2D eigenvalue weighted by molar-refractivity contribution is 0.101. The summed E-state index contributed by atoms with van der Waals surface area (Å²) in [6.45, 7) is 2.69. The molecule has 0 aliphatic rings. The van der Waals surface area contributed by atoms with Crippen LogP contribution >= 0.6 is 0 Å². The number of carbonyl (C=O) groups excluding carboxylic acids is 2. The Labute approximate surface area is 171 Å². The van der Waals surface area contributed by atoms with E-state index in [2.05, 4.69) is 15.5 Å². The molecule has 148 valence electrons. The fourth-order valence-electron chi connectivity index (χ4n) is 3.00.